The molecular formula is C28H21ClNOP. The van der Waals surface area contributed by atoms with E-state index in [0.29, 0.717) is 5.56 Å². The number of hydrogen-bond donors (Lipinski definition) is 0. The molecule has 1 aromatic heterocycles. The second kappa shape index (κ2) is 9.01. The van der Waals surface area contributed by atoms with Crippen molar-refractivity contribution in [2.45, 2.75) is 0 Å². The van der Waals surface area contributed by atoms with Crippen LogP contribution < -0.4 is 28.3 Å². The zero-order chi connectivity index (χ0) is 21.3. The lowest BCUT2D eigenvalue weighted by Crippen LogP contribution is -3.00. The molecule has 0 saturated heterocycles. The maximum Gasteiger partial charge on any atom is 0.139 e. The van der Waals surface area contributed by atoms with Crippen molar-refractivity contribution in [3.8, 4) is 17.4 Å². The first-order chi connectivity index (χ1) is 15.2. The molecule has 0 spiro atoms. The SMILES string of the molecule is C[P+](c1ccccc1)(c1ccccc1)c1ccccc1-c1cc2ccc(C#N)cc2o1.[Cl-]. The molecule has 4 aromatic carbocycles. The second-order valence-corrected chi connectivity index (χ2v) is 11.2. The van der Waals surface area contributed by atoms with E-state index in [1.54, 1.807) is 0 Å². The zero-order valence-electron chi connectivity index (χ0n) is 17.6. The van der Waals surface area contributed by atoms with Gasteiger partial charge in [0.25, 0.3) is 0 Å². The topological polar surface area (TPSA) is 36.9 Å². The van der Waals surface area contributed by atoms with Gasteiger partial charge in [-0.15, -0.1) is 0 Å². The largest absolute Gasteiger partial charge is 1.00 e. The monoisotopic (exact) mass is 453 g/mol. The van der Waals surface area contributed by atoms with Crippen LogP contribution in [0.2, 0.25) is 0 Å². The summed E-state index contributed by atoms with van der Waals surface area (Å²) in [5.74, 6) is 0.832. The Morgan fingerprint density at radius 2 is 1.31 bits per heavy atom. The zero-order valence-corrected chi connectivity index (χ0v) is 19.2. The first-order valence-corrected chi connectivity index (χ1v) is 12.5. The number of fused-ring (bicyclic) bond motifs is 1. The Morgan fingerprint density at radius 1 is 0.719 bits per heavy atom. The third-order valence-corrected chi connectivity index (χ3v) is 9.86. The lowest BCUT2D eigenvalue weighted by atomic mass is 10.1. The van der Waals surface area contributed by atoms with Gasteiger partial charge in [-0.05, 0) is 60.7 Å². The smallest absolute Gasteiger partial charge is 0.139 e. The van der Waals surface area contributed by atoms with E-state index in [-0.39, 0.29) is 12.4 Å². The van der Waals surface area contributed by atoms with Crippen molar-refractivity contribution in [3.63, 3.8) is 0 Å². The molecule has 5 aromatic rings. The molecule has 4 heteroatoms. The van der Waals surface area contributed by atoms with E-state index in [4.69, 9.17) is 4.42 Å². The van der Waals surface area contributed by atoms with Gasteiger partial charge < -0.3 is 16.8 Å². The molecule has 156 valence electrons. The van der Waals surface area contributed by atoms with E-state index < -0.39 is 7.26 Å². The molecule has 0 amide bonds. The van der Waals surface area contributed by atoms with Gasteiger partial charge in [0.15, 0.2) is 0 Å². The fourth-order valence-electron chi connectivity index (χ4n) is 4.18. The molecule has 0 bridgehead atoms. The lowest BCUT2D eigenvalue weighted by molar-refractivity contribution is -0.00000669. The van der Waals surface area contributed by atoms with Gasteiger partial charge in [-0.2, -0.15) is 5.26 Å². The summed E-state index contributed by atoms with van der Waals surface area (Å²) in [4.78, 5) is 0. The van der Waals surface area contributed by atoms with Crippen LogP contribution in [0.5, 0.6) is 0 Å². The third-order valence-electron chi connectivity index (χ3n) is 5.85. The molecule has 0 aliphatic heterocycles. The summed E-state index contributed by atoms with van der Waals surface area (Å²) in [6.45, 7) is 2.38. The maximum atomic E-state index is 9.24. The van der Waals surface area contributed by atoms with Gasteiger partial charge >= 0.3 is 0 Å². The van der Waals surface area contributed by atoms with Gasteiger partial charge in [-0.3, -0.25) is 0 Å². The van der Waals surface area contributed by atoms with Gasteiger partial charge in [0.1, 0.15) is 34.5 Å². The Kier molecular flexibility index (Phi) is 6.15. The fraction of sp³-hybridized carbons (Fsp3) is 0.0357. The number of furan rings is 1. The number of nitrogens with zero attached hydrogens (tertiary/aromatic N) is 1. The van der Waals surface area contributed by atoms with Crippen molar-refractivity contribution in [2.24, 2.45) is 0 Å². The van der Waals surface area contributed by atoms with Crippen LogP contribution in [0.1, 0.15) is 5.56 Å². The van der Waals surface area contributed by atoms with Crippen LogP contribution in [0.15, 0.2) is 114 Å². The summed E-state index contributed by atoms with van der Waals surface area (Å²) in [7, 11) is -1.90. The van der Waals surface area contributed by atoms with Crippen molar-refractivity contribution in [1.29, 1.82) is 5.26 Å². The van der Waals surface area contributed by atoms with Crippen molar-refractivity contribution in [2.75, 3.05) is 6.66 Å². The van der Waals surface area contributed by atoms with Crippen LogP contribution in [-0.4, -0.2) is 6.66 Å². The van der Waals surface area contributed by atoms with Crippen LogP contribution in [0.3, 0.4) is 0 Å². The van der Waals surface area contributed by atoms with Crippen molar-refractivity contribution in [3.05, 3.63) is 115 Å². The molecule has 0 atom stereocenters. The Hall–Kier alpha value is -3.37. The molecule has 0 unspecified atom stereocenters. The Labute approximate surface area is 194 Å². The molecule has 0 aliphatic carbocycles. The van der Waals surface area contributed by atoms with Crippen LogP contribution in [0.4, 0.5) is 0 Å². The number of hydrogen-bond acceptors (Lipinski definition) is 2. The van der Waals surface area contributed by atoms with Crippen LogP contribution >= 0.6 is 7.26 Å². The summed E-state index contributed by atoms with van der Waals surface area (Å²) < 4.78 is 6.27. The molecule has 0 fully saturated rings. The predicted octanol–water partition coefficient (Wildman–Crippen LogP) is 2.90. The van der Waals surface area contributed by atoms with E-state index in [2.05, 4.69) is 104 Å². The maximum absolute atomic E-state index is 9.24. The average molecular weight is 454 g/mol. The molecule has 5 rings (SSSR count). The minimum absolute atomic E-state index is 0. The third kappa shape index (κ3) is 3.71. The molecule has 2 nitrogen and oxygen atoms in total. The Morgan fingerprint density at radius 3 is 1.94 bits per heavy atom. The summed E-state index contributed by atoms with van der Waals surface area (Å²) in [6.07, 6.45) is 0. The molecule has 0 saturated carbocycles. The summed E-state index contributed by atoms with van der Waals surface area (Å²) in [6, 6.07) is 39.9. The quantitative estimate of drug-likeness (QED) is 0.392. The minimum Gasteiger partial charge on any atom is -1.00 e. The molecular weight excluding hydrogens is 433 g/mol. The highest BCUT2D eigenvalue weighted by Gasteiger charge is 2.42. The first kappa shape index (κ1) is 21.8. The number of rotatable bonds is 4. The van der Waals surface area contributed by atoms with Crippen LogP contribution in [0.25, 0.3) is 22.3 Å². The standard InChI is InChI=1S/C28H21NOP.ClH/c1-31(23-10-4-2-5-11-23,24-12-6-3-7-13-24)28-15-9-8-14-25(28)27-19-22-17-16-21(20-29)18-26(22)30-27;/h2-19H,1H3;1H/q+1;/p-1. The Bertz CT molecular complexity index is 1360. The highest BCUT2D eigenvalue weighted by molar-refractivity contribution is 7.95. The first-order valence-electron chi connectivity index (χ1n) is 10.2. The predicted molar refractivity (Wildman–Crippen MR) is 131 cm³/mol. The number of benzene rings is 4. The number of nitriles is 1. The van der Waals surface area contributed by atoms with E-state index in [1.807, 2.05) is 18.2 Å². The molecule has 0 aliphatic rings. The average Bonchev–Trinajstić information content (AvgIpc) is 3.28. The van der Waals surface area contributed by atoms with Crippen molar-refractivity contribution in [1.82, 2.24) is 0 Å². The van der Waals surface area contributed by atoms with E-state index in [0.717, 1.165) is 22.3 Å². The molecule has 1 heterocycles. The highest BCUT2D eigenvalue weighted by Crippen LogP contribution is 2.53. The molecule has 0 radical (unpaired) electrons. The normalized spacial score (nSPS) is 11.0. The molecule has 0 N–H and O–H groups in total. The Balaban J connectivity index is 0.00000245. The highest BCUT2D eigenvalue weighted by atomic mass is 35.5. The van der Waals surface area contributed by atoms with Gasteiger partial charge in [0.05, 0.1) is 23.9 Å². The van der Waals surface area contributed by atoms with Gasteiger partial charge in [0, 0.05) is 5.39 Å². The van der Waals surface area contributed by atoms with Gasteiger partial charge in [0.2, 0.25) is 0 Å². The lowest BCUT2D eigenvalue weighted by Gasteiger charge is -2.24. The second-order valence-electron chi connectivity index (χ2n) is 7.67. The van der Waals surface area contributed by atoms with E-state index in [1.165, 1.54) is 15.9 Å². The fourth-order valence-corrected chi connectivity index (χ4v) is 7.63. The minimum atomic E-state index is -1.90. The van der Waals surface area contributed by atoms with E-state index in [9.17, 15) is 5.26 Å². The number of halogens is 1. The summed E-state index contributed by atoms with van der Waals surface area (Å²) in [5, 5.41) is 14.2. The van der Waals surface area contributed by atoms with Gasteiger partial charge in [-0.25, -0.2) is 0 Å². The van der Waals surface area contributed by atoms with Crippen LogP contribution in [-0.2, 0) is 0 Å². The van der Waals surface area contributed by atoms with E-state index >= 15 is 0 Å². The van der Waals surface area contributed by atoms with Crippen molar-refractivity contribution >= 4 is 34.1 Å². The van der Waals surface area contributed by atoms with Crippen LogP contribution in [0, 0.1) is 11.3 Å². The van der Waals surface area contributed by atoms with Gasteiger partial charge in [-0.1, -0.05) is 48.5 Å². The summed E-state index contributed by atoms with van der Waals surface area (Å²) in [5.41, 5.74) is 2.44. The summed E-state index contributed by atoms with van der Waals surface area (Å²) >= 11 is 0. The molecule has 32 heavy (non-hydrogen) atoms. The van der Waals surface area contributed by atoms with Crippen molar-refractivity contribution < 1.29 is 16.8 Å².